The summed E-state index contributed by atoms with van der Waals surface area (Å²) in [4.78, 5) is 27.3. The zero-order valence-electron chi connectivity index (χ0n) is 17.0. The van der Waals surface area contributed by atoms with Crippen LogP contribution >= 0.6 is 11.6 Å². The molecule has 2 fully saturated rings. The van der Waals surface area contributed by atoms with Gasteiger partial charge in [0, 0.05) is 37.0 Å². The Bertz CT molecular complexity index is 938. The van der Waals surface area contributed by atoms with E-state index in [1.807, 2.05) is 42.2 Å². The number of hydrogen-bond acceptors (Lipinski definition) is 2. The van der Waals surface area contributed by atoms with Crippen LogP contribution in [0.4, 0.5) is 4.39 Å². The normalized spacial score (nSPS) is 21.9. The molecule has 2 atom stereocenters. The molecule has 1 N–H and O–H groups in total. The Kier molecular flexibility index (Phi) is 5.83. The van der Waals surface area contributed by atoms with Gasteiger partial charge in [0.25, 0.3) is 0 Å². The Morgan fingerprint density at radius 1 is 1.17 bits per heavy atom. The van der Waals surface area contributed by atoms with Gasteiger partial charge in [-0.05, 0) is 54.5 Å². The van der Waals surface area contributed by atoms with Gasteiger partial charge < -0.3 is 10.2 Å². The molecule has 2 aliphatic heterocycles. The molecule has 1 spiro atoms. The molecule has 2 saturated heterocycles. The third-order valence-corrected chi connectivity index (χ3v) is 7.18. The lowest BCUT2D eigenvalue weighted by Gasteiger charge is -2.49. The van der Waals surface area contributed by atoms with Crippen molar-refractivity contribution in [3.63, 3.8) is 0 Å². The maximum absolute atomic E-state index is 13.4. The molecule has 2 aliphatic rings. The van der Waals surface area contributed by atoms with E-state index < -0.39 is 0 Å². The number of halogens is 2. The van der Waals surface area contributed by atoms with E-state index in [4.69, 9.17) is 11.6 Å². The summed E-state index contributed by atoms with van der Waals surface area (Å²) >= 11 is 6.29. The van der Waals surface area contributed by atoms with E-state index in [1.165, 1.54) is 12.1 Å². The second-order valence-electron chi connectivity index (χ2n) is 8.52. The number of nitrogens with one attached hydrogen (secondary N) is 1. The number of amides is 2. The largest absolute Gasteiger partial charge is 0.355 e. The third-order valence-electron chi connectivity index (χ3n) is 6.84. The minimum atomic E-state index is -0.310. The van der Waals surface area contributed by atoms with Crippen LogP contribution in [0.2, 0.25) is 5.02 Å². The van der Waals surface area contributed by atoms with Crippen LogP contribution in [0.15, 0.2) is 48.5 Å². The number of hydrogen-bond donors (Lipinski definition) is 1. The maximum Gasteiger partial charge on any atom is 0.229 e. The molecule has 0 aromatic heterocycles. The minimum Gasteiger partial charge on any atom is -0.355 e. The molecule has 2 unspecified atom stereocenters. The van der Waals surface area contributed by atoms with Gasteiger partial charge in [-0.15, -0.1) is 0 Å². The van der Waals surface area contributed by atoms with Crippen molar-refractivity contribution in [2.45, 2.75) is 38.0 Å². The second-order valence-corrected chi connectivity index (χ2v) is 8.92. The molecule has 2 amide bonds. The van der Waals surface area contributed by atoms with Crippen molar-refractivity contribution in [1.82, 2.24) is 10.2 Å². The Balaban J connectivity index is 1.50. The highest BCUT2D eigenvalue weighted by Crippen LogP contribution is 2.49. The summed E-state index contributed by atoms with van der Waals surface area (Å²) in [5, 5.41) is 3.57. The van der Waals surface area contributed by atoms with Gasteiger partial charge in [0.2, 0.25) is 11.8 Å². The molecule has 2 aromatic rings. The highest BCUT2D eigenvalue weighted by atomic mass is 35.5. The van der Waals surface area contributed by atoms with E-state index in [0.717, 1.165) is 24.0 Å². The summed E-state index contributed by atoms with van der Waals surface area (Å²) in [6.45, 7) is 3.66. The molecular weight excluding hydrogens is 403 g/mol. The number of benzene rings is 2. The van der Waals surface area contributed by atoms with Crippen molar-refractivity contribution in [2.24, 2.45) is 5.41 Å². The zero-order valence-corrected chi connectivity index (χ0v) is 17.8. The molecule has 0 saturated carbocycles. The Hall–Kier alpha value is -2.40. The Labute approximate surface area is 181 Å². The lowest BCUT2D eigenvalue weighted by atomic mass is 9.62. The van der Waals surface area contributed by atoms with Crippen molar-refractivity contribution in [3.8, 4) is 0 Å². The summed E-state index contributed by atoms with van der Waals surface area (Å²) in [6.07, 6.45) is 1.95. The van der Waals surface area contributed by atoms with E-state index in [9.17, 15) is 14.0 Å². The van der Waals surface area contributed by atoms with Crippen molar-refractivity contribution in [1.29, 1.82) is 0 Å². The van der Waals surface area contributed by atoms with Gasteiger partial charge in [0.15, 0.2) is 0 Å². The fourth-order valence-electron chi connectivity index (χ4n) is 5.04. The molecule has 4 nitrogen and oxygen atoms in total. The molecule has 0 bridgehead atoms. The molecule has 2 heterocycles. The van der Waals surface area contributed by atoms with Gasteiger partial charge in [0.05, 0.1) is 5.92 Å². The number of carbonyl (C=O) groups is 2. The lowest BCUT2D eigenvalue weighted by Crippen LogP contribution is -2.53. The topological polar surface area (TPSA) is 49.4 Å². The van der Waals surface area contributed by atoms with Crippen molar-refractivity contribution in [2.75, 3.05) is 19.6 Å². The van der Waals surface area contributed by atoms with Gasteiger partial charge in [-0.25, -0.2) is 4.39 Å². The van der Waals surface area contributed by atoms with E-state index in [2.05, 4.69) is 5.32 Å². The van der Waals surface area contributed by atoms with Crippen LogP contribution < -0.4 is 5.32 Å². The van der Waals surface area contributed by atoms with Crippen molar-refractivity contribution >= 4 is 23.4 Å². The van der Waals surface area contributed by atoms with Crippen LogP contribution in [0.1, 0.15) is 49.1 Å². The summed E-state index contributed by atoms with van der Waals surface area (Å²) in [5.74, 6) is -0.333. The predicted molar refractivity (Wildman–Crippen MR) is 115 cm³/mol. The van der Waals surface area contributed by atoms with E-state index in [0.29, 0.717) is 31.1 Å². The molecule has 6 heteroatoms. The van der Waals surface area contributed by atoms with Gasteiger partial charge in [-0.1, -0.05) is 41.9 Å². The molecule has 30 heavy (non-hydrogen) atoms. The van der Waals surface area contributed by atoms with Gasteiger partial charge >= 0.3 is 0 Å². The average molecular weight is 429 g/mol. The lowest BCUT2D eigenvalue weighted by molar-refractivity contribution is -0.136. The quantitative estimate of drug-likeness (QED) is 0.782. The fourth-order valence-corrected chi connectivity index (χ4v) is 5.33. The van der Waals surface area contributed by atoms with E-state index in [-0.39, 0.29) is 34.9 Å². The molecule has 2 aromatic carbocycles. The van der Waals surface area contributed by atoms with Gasteiger partial charge in [0.1, 0.15) is 5.82 Å². The number of carbonyl (C=O) groups excluding carboxylic acids is 2. The van der Waals surface area contributed by atoms with Crippen molar-refractivity contribution < 1.29 is 14.0 Å². The number of likely N-dealkylation sites (tertiary alicyclic amines) is 1. The van der Waals surface area contributed by atoms with Crippen molar-refractivity contribution in [3.05, 3.63) is 70.5 Å². The summed E-state index contributed by atoms with van der Waals surface area (Å²) in [5.41, 5.74) is 1.68. The van der Waals surface area contributed by atoms with Crippen LogP contribution in [0.5, 0.6) is 0 Å². The number of rotatable bonds is 3. The standard InChI is InChI=1S/C24H26ClFN2O2/c1-16(19-4-2-3-5-21(19)25)23(30)28-12-10-24(11-13-28)14-22(29)27-15-20(24)17-6-8-18(26)9-7-17/h2-9,16,20H,10-15H2,1H3,(H,27,29). The summed E-state index contributed by atoms with van der Waals surface area (Å²) in [6, 6.07) is 14.0. The highest BCUT2D eigenvalue weighted by Gasteiger charge is 2.47. The van der Waals surface area contributed by atoms with Gasteiger partial charge in [-0.3, -0.25) is 9.59 Å². The SMILES string of the molecule is CC(C(=O)N1CCC2(CC1)CC(=O)NCC2c1ccc(F)cc1)c1ccccc1Cl. The minimum absolute atomic E-state index is 0.0533. The third kappa shape index (κ3) is 3.95. The van der Waals surface area contributed by atoms with E-state index >= 15 is 0 Å². The summed E-state index contributed by atoms with van der Waals surface area (Å²) in [7, 11) is 0. The first-order valence-corrected chi connectivity index (χ1v) is 10.8. The summed E-state index contributed by atoms with van der Waals surface area (Å²) < 4.78 is 13.4. The Morgan fingerprint density at radius 2 is 1.83 bits per heavy atom. The second kappa shape index (κ2) is 8.38. The predicted octanol–water partition coefficient (Wildman–Crippen LogP) is 4.50. The average Bonchev–Trinajstić information content (AvgIpc) is 2.75. The zero-order chi connectivity index (χ0) is 21.3. The van der Waals surface area contributed by atoms with Crippen LogP contribution in [-0.4, -0.2) is 36.3 Å². The first-order chi connectivity index (χ1) is 14.4. The number of piperidine rings is 2. The monoisotopic (exact) mass is 428 g/mol. The molecule has 158 valence electrons. The van der Waals surface area contributed by atoms with Gasteiger partial charge in [-0.2, -0.15) is 0 Å². The Morgan fingerprint density at radius 3 is 2.50 bits per heavy atom. The smallest absolute Gasteiger partial charge is 0.229 e. The van der Waals surface area contributed by atoms with E-state index in [1.54, 1.807) is 6.07 Å². The first-order valence-electron chi connectivity index (χ1n) is 10.4. The fraction of sp³-hybridized carbons (Fsp3) is 0.417. The molecule has 0 aliphatic carbocycles. The van der Waals surface area contributed by atoms with Crippen LogP contribution in [-0.2, 0) is 9.59 Å². The molecular formula is C24H26ClFN2O2. The first kappa shape index (κ1) is 20.9. The van der Waals surface area contributed by atoms with Crippen LogP contribution in [0, 0.1) is 11.2 Å². The van der Waals surface area contributed by atoms with Crippen LogP contribution in [0.3, 0.4) is 0 Å². The number of nitrogens with zero attached hydrogens (tertiary/aromatic N) is 1. The molecule has 0 radical (unpaired) electrons. The molecule has 4 rings (SSSR count). The highest BCUT2D eigenvalue weighted by molar-refractivity contribution is 6.31. The maximum atomic E-state index is 13.4. The van der Waals surface area contributed by atoms with Crippen LogP contribution in [0.25, 0.3) is 0 Å².